The molecule has 6 heteroatoms. The number of carbonyl (C=O) groups is 1. The maximum atomic E-state index is 11.0. The summed E-state index contributed by atoms with van der Waals surface area (Å²) in [5, 5.41) is 9.84. The lowest BCUT2D eigenvalue weighted by atomic mass is 9.99. The van der Waals surface area contributed by atoms with Crippen molar-refractivity contribution in [3.63, 3.8) is 0 Å². The summed E-state index contributed by atoms with van der Waals surface area (Å²) in [6.07, 6.45) is 0. The van der Waals surface area contributed by atoms with Gasteiger partial charge < -0.3 is 10.1 Å². The number of ether oxygens (including phenoxy) is 1. The molecule has 0 radical (unpaired) electrons. The molecule has 0 spiro atoms. The third-order valence-electron chi connectivity index (χ3n) is 2.21. The van der Waals surface area contributed by atoms with Crippen molar-refractivity contribution in [2.75, 3.05) is 20.2 Å². The molecule has 1 fully saturated rings. The number of rotatable bonds is 2. The van der Waals surface area contributed by atoms with E-state index in [1.54, 1.807) is 6.07 Å². The molecule has 0 bridgehead atoms. The second kappa shape index (κ2) is 4.43. The largest absolute Gasteiger partial charge is 0.464 e. The van der Waals surface area contributed by atoms with Gasteiger partial charge in [0.15, 0.2) is 5.69 Å². The molecular formula is C8H12ClN3O2. The second-order valence-electron chi connectivity index (χ2n) is 3.06. The van der Waals surface area contributed by atoms with Crippen LogP contribution in [-0.4, -0.2) is 36.4 Å². The highest BCUT2D eigenvalue weighted by molar-refractivity contribution is 5.87. The summed E-state index contributed by atoms with van der Waals surface area (Å²) in [6, 6.07) is 1.75. The number of hydrogen-bond donors (Lipinski definition) is 2. The number of hydrogen-bond acceptors (Lipinski definition) is 4. The van der Waals surface area contributed by atoms with Crippen molar-refractivity contribution < 1.29 is 9.53 Å². The van der Waals surface area contributed by atoms with Crippen LogP contribution in [-0.2, 0) is 4.74 Å². The van der Waals surface area contributed by atoms with Gasteiger partial charge in [-0.15, -0.1) is 12.4 Å². The van der Waals surface area contributed by atoms with Crippen LogP contribution in [0.5, 0.6) is 0 Å². The zero-order valence-electron chi connectivity index (χ0n) is 7.74. The summed E-state index contributed by atoms with van der Waals surface area (Å²) in [4.78, 5) is 11.0. The number of halogens is 1. The normalized spacial score (nSPS) is 15.5. The van der Waals surface area contributed by atoms with Crippen LogP contribution in [0, 0.1) is 0 Å². The van der Waals surface area contributed by atoms with Crippen molar-refractivity contribution >= 4 is 18.4 Å². The molecule has 0 saturated carbocycles. The topological polar surface area (TPSA) is 67.0 Å². The number of aromatic amines is 1. The monoisotopic (exact) mass is 217 g/mol. The minimum Gasteiger partial charge on any atom is -0.464 e. The molecule has 0 unspecified atom stereocenters. The molecule has 2 rings (SSSR count). The molecule has 0 amide bonds. The number of nitrogens with zero attached hydrogens (tertiary/aromatic N) is 1. The molecule has 2 N–H and O–H groups in total. The number of methoxy groups -OCH3 is 1. The first-order valence-corrected chi connectivity index (χ1v) is 4.15. The lowest BCUT2D eigenvalue weighted by Crippen LogP contribution is -2.40. The minimum atomic E-state index is -0.394. The molecule has 1 aromatic rings. The van der Waals surface area contributed by atoms with E-state index in [1.807, 2.05) is 0 Å². The maximum Gasteiger partial charge on any atom is 0.358 e. The fourth-order valence-corrected chi connectivity index (χ4v) is 1.26. The SMILES string of the molecule is COC(=O)c1cc(C2CNC2)[nH]n1.Cl. The van der Waals surface area contributed by atoms with Gasteiger partial charge in [0.1, 0.15) is 0 Å². The van der Waals surface area contributed by atoms with E-state index in [-0.39, 0.29) is 12.4 Å². The van der Waals surface area contributed by atoms with Gasteiger partial charge in [0.05, 0.1) is 7.11 Å². The van der Waals surface area contributed by atoms with Crippen molar-refractivity contribution in [2.24, 2.45) is 0 Å². The zero-order valence-corrected chi connectivity index (χ0v) is 8.56. The van der Waals surface area contributed by atoms with E-state index in [9.17, 15) is 4.79 Å². The molecule has 1 aromatic heterocycles. The van der Waals surface area contributed by atoms with E-state index in [0.29, 0.717) is 11.6 Å². The number of esters is 1. The van der Waals surface area contributed by atoms with E-state index >= 15 is 0 Å². The predicted octanol–water partition coefficient (Wildman–Crippen LogP) is 0.305. The Labute approximate surface area is 87.6 Å². The van der Waals surface area contributed by atoms with Gasteiger partial charge in [-0.1, -0.05) is 0 Å². The first-order chi connectivity index (χ1) is 6.31. The van der Waals surface area contributed by atoms with E-state index < -0.39 is 5.97 Å². The zero-order chi connectivity index (χ0) is 9.26. The Balaban J connectivity index is 0.000000980. The van der Waals surface area contributed by atoms with E-state index in [2.05, 4.69) is 20.3 Å². The van der Waals surface area contributed by atoms with Crippen LogP contribution in [0.25, 0.3) is 0 Å². The second-order valence-corrected chi connectivity index (χ2v) is 3.06. The molecule has 78 valence electrons. The number of carbonyl (C=O) groups excluding carboxylic acids is 1. The van der Waals surface area contributed by atoms with Crippen LogP contribution in [0.3, 0.4) is 0 Å². The van der Waals surface area contributed by atoms with Gasteiger partial charge in [-0.3, -0.25) is 5.10 Å². The third kappa shape index (κ3) is 1.88. The van der Waals surface area contributed by atoms with Crippen molar-refractivity contribution in [1.29, 1.82) is 0 Å². The smallest absolute Gasteiger partial charge is 0.358 e. The lowest BCUT2D eigenvalue weighted by Gasteiger charge is -2.25. The van der Waals surface area contributed by atoms with Gasteiger partial charge in [-0.2, -0.15) is 5.10 Å². The molecule has 0 atom stereocenters. The molecule has 5 nitrogen and oxygen atoms in total. The fraction of sp³-hybridized carbons (Fsp3) is 0.500. The molecule has 1 aliphatic rings. The summed E-state index contributed by atoms with van der Waals surface area (Å²) in [5.41, 5.74) is 1.35. The first kappa shape index (κ1) is 11.0. The highest BCUT2D eigenvalue weighted by Crippen LogP contribution is 2.17. The van der Waals surface area contributed by atoms with E-state index in [1.165, 1.54) is 7.11 Å². The number of nitrogens with one attached hydrogen (secondary N) is 2. The average molecular weight is 218 g/mol. The molecule has 14 heavy (non-hydrogen) atoms. The van der Waals surface area contributed by atoms with Gasteiger partial charge in [-0.05, 0) is 6.07 Å². The van der Waals surface area contributed by atoms with Gasteiger partial charge in [-0.25, -0.2) is 4.79 Å². The van der Waals surface area contributed by atoms with Crippen LogP contribution in [0.1, 0.15) is 22.1 Å². The van der Waals surface area contributed by atoms with Gasteiger partial charge in [0, 0.05) is 24.7 Å². The highest BCUT2D eigenvalue weighted by Gasteiger charge is 2.22. The number of H-pyrrole nitrogens is 1. The molecule has 2 heterocycles. The van der Waals surface area contributed by atoms with E-state index in [0.717, 1.165) is 18.8 Å². The Hall–Kier alpha value is -1.07. The van der Waals surface area contributed by atoms with Crippen LogP contribution in [0.2, 0.25) is 0 Å². The fourth-order valence-electron chi connectivity index (χ4n) is 1.26. The van der Waals surface area contributed by atoms with Gasteiger partial charge >= 0.3 is 5.97 Å². The Morgan fingerprint density at radius 2 is 2.36 bits per heavy atom. The predicted molar refractivity (Wildman–Crippen MR) is 52.8 cm³/mol. The maximum absolute atomic E-state index is 11.0. The Kier molecular flexibility index (Phi) is 3.49. The Morgan fingerprint density at radius 3 is 2.86 bits per heavy atom. The van der Waals surface area contributed by atoms with Crippen molar-refractivity contribution in [3.8, 4) is 0 Å². The highest BCUT2D eigenvalue weighted by atomic mass is 35.5. The number of aromatic nitrogens is 2. The van der Waals surface area contributed by atoms with Crippen LogP contribution >= 0.6 is 12.4 Å². The summed E-state index contributed by atoms with van der Waals surface area (Å²) < 4.78 is 4.54. The summed E-state index contributed by atoms with van der Waals surface area (Å²) in [7, 11) is 1.35. The van der Waals surface area contributed by atoms with Crippen molar-refractivity contribution in [2.45, 2.75) is 5.92 Å². The van der Waals surface area contributed by atoms with Crippen molar-refractivity contribution in [1.82, 2.24) is 15.5 Å². The molecule has 1 aliphatic heterocycles. The Bertz CT molecular complexity index is 322. The first-order valence-electron chi connectivity index (χ1n) is 4.15. The van der Waals surface area contributed by atoms with Crippen molar-refractivity contribution in [3.05, 3.63) is 17.5 Å². The van der Waals surface area contributed by atoms with Gasteiger partial charge in [0.2, 0.25) is 0 Å². The van der Waals surface area contributed by atoms with Crippen LogP contribution in [0.15, 0.2) is 6.07 Å². The average Bonchev–Trinajstić information content (AvgIpc) is 2.49. The molecular weight excluding hydrogens is 206 g/mol. The third-order valence-corrected chi connectivity index (χ3v) is 2.21. The van der Waals surface area contributed by atoms with E-state index in [4.69, 9.17) is 0 Å². The summed E-state index contributed by atoms with van der Waals surface area (Å²) in [6.45, 7) is 1.89. The summed E-state index contributed by atoms with van der Waals surface area (Å²) >= 11 is 0. The van der Waals surface area contributed by atoms with Crippen LogP contribution < -0.4 is 5.32 Å². The molecule has 1 saturated heterocycles. The quantitative estimate of drug-likeness (QED) is 0.700. The van der Waals surface area contributed by atoms with Gasteiger partial charge in [0.25, 0.3) is 0 Å². The van der Waals surface area contributed by atoms with Crippen LogP contribution in [0.4, 0.5) is 0 Å². The molecule has 0 aliphatic carbocycles. The molecule has 0 aromatic carbocycles. The standard InChI is InChI=1S/C8H11N3O2.ClH/c1-13-8(12)7-2-6(10-11-7)5-3-9-4-5;/h2,5,9H,3-4H2,1H3,(H,10,11);1H. The Morgan fingerprint density at radius 1 is 1.64 bits per heavy atom. The minimum absolute atomic E-state index is 0. The summed E-state index contributed by atoms with van der Waals surface area (Å²) in [5.74, 6) is 0.0701. The lowest BCUT2D eigenvalue weighted by molar-refractivity contribution is 0.0594.